The van der Waals surface area contributed by atoms with Crippen LogP contribution in [0.1, 0.15) is 80.3 Å². The number of nitrogens with one attached hydrogen (secondary N) is 2. The molecular weight excluding hydrogens is 1130 g/mol. The number of nitrogen functional groups attached to an aromatic ring is 3. The number of nitrogens with two attached hydrogens (primary N) is 3. The third-order valence-corrected chi connectivity index (χ3v) is 17.1. The van der Waals surface area contributed by atoms with Gasteiger partial charge in [-0.3, -0.25) is 34.6 Å². The van der Waals surface area contributed by atoms with Crippen LogP contribution < -0.4 is 32.8 Å². The highest BCUT2D eigenvalue weighted by molar-refractivity contribution is 7.91. The van der Waals surface area contributed by atoms with Crippen LogP contribution in [0.3, 0.4) is 0 Å². The van der Waals surface area contributed by atoms with Crippen LogP contribution in [-0.4, -0.2) is 149 Å². The molecule has 5 bridgehead atoms. The molecule has 86 heavy (non-hydrogen) atoms. The molecule has 0 radical (unpaired) electrons. The van der Waals surface area contributed by atoms with E-state index in [9.17, 15) is 53.1 Å². The number of hydrazone groups is 1. The molecule has 0 unspecified atom stereocenters. The van der Waals surface area contributed by atoms with E-state index in [1.807, 2.05) is 12.5 Å². The van der Waals surface area contributed by atoms with Gasteiger partial charge in [-0.05, 0) is 87.6 Å². The maximum Gasteiger partial charge on any atom is 0.312 e. The molecule has 1 saturated heterocycles. The van der Waals surface area contributed by atoms with Gasteiger partial charge in [0, 0.05) is 117 Å². The van der Waals surface area contributed by atoms with Gasteiger partial charge in [0.05, 0.1) is 62.8 Å². The number of hydrogen-bond acceptors (Lipinski definition) is 22. The Morgan fingerprint density at radius 3 is 1.97 bits per heavy atom. The summed E-state index contributed by atoms with van der Waals surface area (Å²) >= 11 is 0. The zero-order chi connectivity index (χ0) is 63.5. The van der Waals surface area contributed by atoms with Gasteiger partial charge < -0.3 is 66.2 Å². The third-order valence-electron chi connectivity index (χ3n) is 15.3. The molecule has 0 spiro atoms. The first-order valence-corrected chi connectivity index (χ1v) is 29.0. The quantitative estimate of drug-likeness (QED) is 0.0136. The van der Waals surface area contributed by atoms with E-state index in [0.717, 1.165) is 13.1 Å². The fourth-order valence-corrected chi connectivity index (χ4v) is 11.2. The molecule has 5 heterocycles. The Balaban J connectivity index is 0.000000354. The van der Waals surface area contributed by atoms with Crippen LogP contribution in [-0.2, 0) is 33.6 Å². The molecule has 5 aromatic rings. The van der Waals surface area contributed by atoms with Crippen molar-refractivity contribution in [1.82, 2.24) is 20.3 Å². The Morgan fingerprint density at radius 1 is 0.837 bits per heavy atom. The van der Waals surface area contributed by atoms with Crippen LogP contribution in [0.5, 0.6) is 23.0 Å². The number of likely N-dealkylation sites (N-methyl/N-ethyl adjacent to an activating group) is 1. The van der Waals surface area contributed by atoms with Gasteiger partial charge in [0.25, 0.3) is 17.6 Å². The molecule has 4 aromatic carbocycles. The van der Waals surface area contributed by atoms with E-state index in [0.29, 0.717) is 30.0 Å². The lowest BCUT2D eigenvalue weighted by molar-refractivity contribution is -0.160. The van der Waals surface area contributed by atoms with Crippen molar-refractivity contribution in [2.75, 3.05) is 57.1 Å². The van der Waals surface area contributed by atoms with Crippen LogP contribution in [0.25, 0.3) is 10.8 Å². The van der Waals surface area contributed by atoms with Crippen LogP contribution in [0.2, 0.25) is 0 Å². The number of aromatic hydroxyl groups is 3. The minimum absolute atomic E-state index is 0.0559. The fourth-order valence-electron chi connectivity index (χ4n) is 9.94. The molecule has 25 heteroatoms. The number of esters is 1. The summed E-state index contributed by atoms with van der Waals surface area (Å²) < 4.78 is 47.9. The predicted molar refractivity (Wildman–Crippen MR) is 324 cm³/mol. The van der Waals surface area contributed by atoms with Crippen LogP contribution >= 0.6 is 0 Å². The highest BCUT2D eigenvalue weighted by atomic mass is 32.2. The molecule has 13 N–H and O–H groups in total. The van der Waals surface area contributed by atoms with Crippen LogP contribution in [0.4, 0.5) is 17.1 Å². The molecule has 0 aliphatic carbocycles. The Labute approximate surface area is 499 Å². The molecule has 9 atom stereocenters. The lowest BCUT2D eigenvalue weighted by atomic mass is 9.78. The molecule has 24 nitrogen and oxygen atoms in total. The number of phenols is 3. The number of hydrazine groups is 1. The van der Waals surface area contributed by atoms with Gasteiger partial charge in [0.15, 0.2) is 5.75 Å². The van der Waals surface area contributed by atoms with Crippen LogP contribution in [0, 0.1) is 30.6 Å². The number of carbonyl (C=O) groups is 4. The molecule has 462 valence electrons. The largest absolute Gasteiger partial charge is 0.507 e. The SMILES string of the molecule is CO[C@H]1/C=C/O[C@@]2(C)Oc3c(C)c(O)c4c(O)c(c(/C=N\N5CCN(C)CC5)c(O)c4c3C2=O)NC(=O)/C(C)=C\C=C\[C@@H](C)[C@H](O)[C@@H](C)[C@H](O)[C@@H](C)[C@H](OC(C)=O)[C@@H]1C.NNC(=O)c1ccncc1.Nc1ccc(S(=O)(=O)c2ccc(N)cc2)cc1. The number of aromatic nitrogens is 1. The van der Waals surface area contributed by atoms with E-state index in [4.69, 9.17) is 36.3 Å². The Hall–Kier alpha value is -8.59. The molecule has 4 aliphatic rings. The van der Waals surface area contributed by atoms with Crippen molar-refractivity contribution < 1.29 is 72.1 Å². The smallest absolute Gasteiger partial charge is 0.312 e. The summed E-state index contributed by atoms with van der Waals surface area (Å²) in [5.41, 5.74) is 14.3. The number of allylic oxidation sites excluding steroid dienone is 2. The number of amides is 2. The maximum atomic E-state index is 14.4. The second-order valence-electron chi connectivity index (χ2n) is 21.5. The molecule has 1 fully saturated rings. The minimum Gasteiger partial charge on any atom is -0.507 e. The summed E-state index contributed by atoms with van der Waals surface area (Å²) in [7, 11) is -0.0630. The number of carbonyl (C=O) groups excluding carboxylic acids is 4. The lowest BCUT2D eigenvalue weighted by Crippen LogP contribution is -2.46. The number of ether oxygens (including phenoxy) is 4. The number of aliphatic hydroxyl groups is 2. The van der Waals surface area contributed by atoms with Crippen molar-refractivity contribution in [3.05, 3.63) is 131 Å². The number of pyridine rings is 1. The normalized spacial score (nSPS) is 25.3. The monoisotopic (exact) mass is 1210 g/mol. The third kappa shape index (κ3) is 15.1. The second-order valence-corrected chi connectivity index (χ2v) is 23.4. The molecule has 0 saturated carbocycles. The van der Waals surface area contributed by atoms with Crippen LogP contribution in [0.15, 0.2) is 124 Å². The van der Waals surface area contributed by atoms with E-state index >= 15 is 0 Å². The van der Waals surface area contributed by atoms with E-state index in [1.165, 1.54) is 96.1 Å². The van der Waals surface area contributed by atoms with Gasteiger partial charge in [0.2, 0.25) is 9.84 Å². The Kier molecular flexibility index (Phi) is 22.1. The highest BCUT2D eigenvalue weighted by Crippen LogP contribution is 2.55. The Morgan fingerprint density at radius 2 is 1.42 bits per heavy atom. The number of rotatable bonds is 7. The zero-order valence-corrected chi connectivity index (χ0v) is 50.4. The van der Waals surface area contributed by atoms with Crippen molar-refractivity contribution in [3.8, 4) is 23.0 Å². The molecule has 1 aromatic heterocycles. The zero-order valence-electron chi connectivity index (χ0n) is 49.6. The van der Waals surface area contributed by atoms with E-state index in [1.54, 1.807) is 81.3 Å². The first-order valence-electron chi connectivity index (χ1n) is 27.5. The van der Waals surface area contributed by atoms with Crippen molar-refractivity contribution >= 4 is 67.5 Å². The van der Waals surface area contributed by atoms with Gasteiger partial charge in [-0.15, -0.1) is 0 Å². The molecule has 4 aliphatic heterocycles. The number of nitrogens with zero attached hydrogens (tertiary/aromatic N) is 4. The number of anilines is 3. The summed E-state index contributed by atoms with van der Waals surface area (Å²) in [5.74, 6) is -3.76. The van der Waals surface area contributed by atoms with Crippen molar-refractivity contribution in [2.45, 2.75) is 95.4 Å². The number of hydrogen-bond donors (Lipinski definition) is 10. The van der Waals surface area contributed by atoms with E-state index < -0.39 is 98.6 Å². The number of benzene rings is 4. The van der Waals surface area contributed by atoms with Crippen molar-refractivity contribution in [3.63, 3.8) is 0 Å². The number of ketones is 1. The Bertz CT molecular complexity index is 3450. The number of Topliss-reactive ketones (excluding diaryl/α,β-unsaturated/α-hetero) is 1. The van der Waals surface area contributed by atoms with Gasteiger partial charge in [-0.1, -0.05) is 45.9 Å². The standard InChI is InChI=1S/C43H58N4O12.C12H12N2O2S.C6H7N3O/c1-21-12-11-13-22(2)42(55)45-33-28(20-44-47-17-15-46(9)16-18-47)37(52)30-31(38(33)53)36(51)26(6)40-32(30)41(54)43(8,59-40)57-19-14-29(56-10)23(3)39(58-27(7)48)25(5)35(50)24(4)34(21)49;13-9-1-5-11(6-2-9)17(15,16)12-7-3-10(14)4-8-12;7-9-6(10)5-1-3-8-4-2-5/h11-14,19-21,23-25,29,34-35,39,49-53H,15-18H2,1-10H3,(H,45,55);1-8H,13-14H2;1-4H,7H2,(H,9,10)/b12-11+,19-14+,22-13-,44-20-;;/t21-,23-,24-,25-,29+,34+,35+,39-,43+;;/m1../s1. The minimum atomic E-state index is -3.48. The first-order chi connectivity index (χ1) is 40.6. The second kappa shape index (κ2) is 28.5. The van der Waals surface area contributed by atoms with Gasteiger partial charge in [-0.2, -0.15) is 5.10 Å². The fraction of sp³-hybridized carbons (Fsp3) is 0.377. The number of fused-ring (bicyclic) bond motifs is 14. The van der Waals surface area contributed by atoms with Crippen molar-refractivity contribution in [2.24, 2.45) is 34.6 Å². The number of aliphatic hydroxyl groups excluding tert-OH is 2. The van der Waals surface area contributed by atoms with E-state index in [2.05, 4.69) is 20.3 Å². The van der Waals surface area contributed by atoms with Crippen molar-refractivity contribution in [1.29, 1.82) is 0 Å². The summed E-state index contributed by atoms with van der Waals surface area (Å²) in [6.07, 6.45) is 7.93. The van der Waals surface area contributed by atoms with Gasteiger partial charge in [-0.25, -0.2) is 14.3 Å². The number of sulfone groups is 1. The van der Waals surface area contributed by atoms with Gasteiger partial charge >= 0.3 is 11.8 Å². The molecule has 9 rings (SSSR count). The van der Waals surface area contributed by atoms with E-state index in [-0.39, 0.29) is 60.2 Å². The number of piperazine rings is 1. The lowest BCUT2D eigenvalue weighted by Gasteiger charge is -2.38. The number of methoxy groups -OCH3 is 1. The molecule has 2 amide bonds. The summed E-state index contributed by atoms with van der Waals surface area (Å²) in [5, 5.41) is 66.8. The highest BCUT2D eigenvalue weighted by Gasteiger charge is 2.50. The predicted octanol–water partition coefficient (Wildman–Crippen LogP) is 5.70. The average molecular weight is 1210 g/mol. The summed E-state index contributed by atoms with van der Waals surface area (Å²) in [6, 6.07) is 15.4. The average Bonchev–Trinajstić information content (AvgIpc) is 1.44. The van der Waals surface area contributed by atoms with Gasteiger partial charge in [0.1, 0.15) is 23.4 Å². The maximum absolute atomic E-state index is 14.4. The topological polar surface area (TPSA) is 374 Å². The first kappa shape index (κ1) is 66.5. The molecular formula is C61H77N9O15S. The summed E-state index contributed by atoms with van der Waals surface area (Å²) in [6.45, 7) is 15.1. The number of phenolic OH excluding ortho intramolecular Hbond substituents is 3. The summed E-state index contributed by atoms with van der Waals surface area (Å²) in [4.78, 5) is 57.6.